The molecule has 3 fully saturated rings. The van der Waals surface area contributed by atoms with Crippen molar-refractivity contribution in [2.45, 2.75) is 95.4 Å². The topological polar surface area (TPSA) is 87.7 Å². The third kappa shape index (κ3) is 4.73. The van der Waals surface area contributed by atoms with E-state index in [1.54, 1.807) is 4.90 Å². The Kier molecular flexibility index (Phi) is 7.13. The van der Waals surface area contributed by atoms with Crippen LogP contribution in [0.15, 0.2) is 48.1 Å². The number of allylic oxidation sites excluding steroid dienone is 1. The lowest BCUT2D eigenvalue weighted by molar-refractivity contribution is -0.141. The summed E-state index contributed by atoms with van der Waals surface area (Å²) in [5.41, 5.74) is 1.99. The SMILES string of the molecule is Cc1cccc(NC(=O)C2[C@@H]3C=CC4(O3)C(C(=O)NC3CCCCC3C)N(CCC3=CCCCC3)C(=O)[C@H]24)c1. The molecule has 1 aromatic rings. The molecule has 208 valence electrons. The van der Waals surface area contributed by atoms with Crippen LogP contribution in [0.2, 0.25) is 0 Å². The molecule has 1 spiro atoms. The summed E-state index contributed by atoms with van der Waals surface area (Å²) >= 11 is 0. The summed E-state index contributed by atoms with van der Waals surface area (Å²) < 4.78 is 6.51. The van der Waals surface area contributed by atoms with Crippen LogP contribution in [0.1, 0.15) is 70.3 Å². The number of likely N-dealkylation sites (tertiary alicyclic amines) is 1. The Morgan fingerprint density at radius 3 is 2.74 bits per heavy atom. The molecule has 6 rings (SSSR count). The summed E-state index contributed by atoms with van der Waals surface area (Å²) in [7, 11) is 0. The van der Waals surface area contributed by atoms with E-state index < -0.39 is 29.6 Å². The predicted molar refractivity (Wildman–Crippen MR) is 150 cm³/mol. The molecular weight excluding hydrogens is 490 g/mol. The molecule has 7 nitrogen and oxygen atoms in total. The summed E-state index contributed by atoms with van der Waals surface area (Å²) in [5.74, 6) is -1.50. The minimum atomic E-state index is -1.11. The van der Waals surface area contributed by atoms with Gasteiger partial charge in [0.2, 0.25) is 17.7 Å². The third-order valence-corrected chi connectivity index (χ3v) is 9.71. The molecule has 2 N–H and O–H groups in total. The lowest BCUT2D eigenvalue weighted by Gasteiger charge is -2.36. The number of benzene rings is 1. The zero-order chi connectivity index (χ0) is 27.1. The number of nitrogens with zero attached hydrogens (tertiary/aromatic N) is 1. The van der Waals surface area contributed by atoms with Crippen molar-refractivity contribution < 1.29 is 19.1 Å². The molecule has 0 radical (unpaired) electrons. The van der Waals surface area contributed by atoms with Gasteiger partial charge in [-0.15, -0.1) is 0 Å². The van der Waals surface area contributed by atoms with Gasteiger partial charge in [0, 0.05) is 18.3 Å². The van der Waals surface area contributed by atoms with Crippen molar-refractivity contribution in [3.63, 3.8) is 0 Å². The highest BCUT2D eigenvalue weighted by Crippen LogP contribution is 2.55. The largest absolute Gasteiger partial charge is 0.359 e. The third-order valence-electron chi connectivity index (χ3n) is 9.71. The first kappa shape index (κ1) is 26.3. The number of fused-ring (bicyclic) bond motifs is 1. The summed E-state index contributed by atoms with van der Waals surface area (Å²) in [6.45, 7) is 4.64. The maximum Gasteiger partial charge on any atom is 0.246 e. The molecule has 7 heteroatoms. The first-order valence-electron chi connectivity index (χ1n) is 14.9. The van der Waals surface area contributed by atoms with Gasteiger partial charge in [0.15, 0.2) is 0 Å². The van der Waals surface area contributed by atoms with Gasteiger partial charge in [0.05, 0.1) is 17.9 Å². The number of anilines is 1. The Bertz CT molecular complexity index is 1210. The standard InChI is InChI=1S/C32H41N3O4/c1-20-9-8-13-23(19-20)33-29(36)26-25-15-17-32(39-25)27(26)31(38)35(18-16-22-11-4-3-5-12-22)28(32)30(37)34-24-14-7-6-10-21(24)2/h8-9,11,13,15,17,19,21,24-28H,3-7,10,12,14,16,18H2,1-2H3,(H,33,36)(H,34,37)/t21?,24?,25-,26?,27-,28?,32?/m0/s1. The highest BCUT2D eigenvalue weighted by molar-refractivity contribution is 6.02. The highest BCUT2D eigenvalue weighted by atomic mass is 16.5. The van der Waals surface area contributed by atoms with E-state index in [0.29, 0.717) is 18.2 Å². The van der Waals surface area contributed by atoms with Gasteiger partial charge in [-0.25, -0.2) is 0 Å². The Morgan fingerprint density at radius 2 is 1.97 bits per heavy atom. The van der Waals surface area contributed by atoms with E-state index in [1.165, 1.54) is 24.8 Å². The second-order valence-corrected chi connectivity index (χ2v) is 12.3. The van der Waals surface area contributed by atoms with E-state index in [1.807, 2.05) is 43.3 Å². The molecule has 1 aromatic carbocycles. The Balaban J connectivity index is 1.29. The van der Waals surface area contributed by atoms with Gasteiger partial charge >= 0.3 is 0 Å². The van der Waals surface area contributed by atoms with Crippen molar-refractivity contribution in [1.82, 2.24) is 10.2 Å². The smallest absolute Gasteiger partial charge is 0.246 e. The predicted octanol–water partition coefficient (Wildman–Crippen LogP) is 4.67. The monoisotopic (exact) mass is 531 g/mol. The van der Waals surface area contributed by atoms with E-state index in [-0.39, 0.29) is 23.8 Å². The van der Waals surface area contributed by atoms with Crippen LogP contribution < -0.4 is 10.6 Å². The van der Waals surface area contributed by atoms with Crippen LogP contribution in [0, 0.1) is 24.7 Å². The van der Waals surface area contributed by atoms with E-state index in [2.05, 4.69) is 23.6 Å². The molecule has 0 aromatic heterocycles. The van der Waals surface area contributed by atoms with E-state index in [0.717, 1.165) is 44.1 Å². The van der Waals surface area contributed by atoms with E-state index >= 15 is 0 Å². The molecule has 39 heavy (non-hydrogen) atoms. The first-order chi connectivity index (χ1) is 18.9. The average molecular weight is 532 g/mol. The van der Waals surface area contributed by atoms with Crippen molar-refractivity contribution in [1.29, 1.82) is 0 Å². The van der Waals surface area contributed by atoms with Crippen LogP contribution in [-0.4, -0.2) is 53.0 Å². The van der Waals surface area contributed by atoms with Gasteiger partial charge in [-0.05, 0) is 75.5 Å². The normalized spacial score (nSPS) is 35.1. The minimum Gasteiger partial charge on any atom is -0.359 e. The van der Waals surface area contributed by atoms with E-state index in [9.17, 15) is 14.4 Å². The quantitative estimate of drug-likeness (QED) is 0.501. The van der Waals surface area contributed by atoms with Gasteiger partial charge in [-0.2, -0.15) is 0 Å². The van der Waals surface area contributed by atoms with Crippen LogP contribution >= 0.6 is 0 Å². The van der Waals surface area contributed by atoms with Gasteiger partial charge in [-0.1, -0.05) is 55.7 Å². The second kappa shape index (κ2) is 10.6. The maximum atomic E-state index is 14.2. The highest BCUT2D eigenvalue weighted by Gasteiger charge is 2.72. The Morgan fingerprint density at radius 1 is 1.13 bits per heavy atom. The molecule has 3 heterocycles. The molecule has 2 bridgehead atoms. The number of aryl methyl sites for hydroxylation is 1. The van der Waals surface area contributed by atoms with Crippen molar-refractivity contribution in [3.8, 4) is 0 Å². The van der Waals surface area contributed by atoms with Gasteiger partial charge in [0.1, 0.15) is 11.6 Å². The molecule has 3 amide bonds. The van der Waals surface area contributed by atoms with Gasteiger partial charge in [-0.3, -0.25) is 14.4 Å². The number of nitrogens with one attached hydrogen (secondary N) is 2. The van der Waals surface area contributed by atoms with Crippen LogP contribution in [0.3, 0.4) is 0 Å². The molecule has 3 aliphatic heterocycles. The number of hydrogen-bond acceptors (Lipinski definition) is 4. The average Bonchev–Trinajstić information content (AvgIpc) is 3.56. The number of ether oxygens (including phenoxy) is 1. The molecule has 7 atom stereocenters. The maximum absolute atomic E-state index is 14.2. The van der Waals surface area contributed by atoms with E-state index in [4.69, 9.17) is 4.74 Å². The summed E-state index contributed by atoms with van der Waals surface area (Å²) in [6, 6.07) is 6.98. The zero-order valence-corrected chi connectivity index (χ0v) is 23.2. The number of amides is 3. The fourth-order valence-electron chi connectivity index (χ4n) is 7.64. The van der Waals surface area contributed by atoms with Crippen molar-refractivity contribution in [3.05, 3.63) is 53.6 Å². The molecule has 2 aliphatic carbocycles. The van der Waals surface area contributed by atoms with Crippen LogP contribution in [0.5, 0.6) is 0 Å². The number of hydrogen-bond donors (Lipinski definition) is 2. The van der Waals surface area contributed by atoms with Crippen LogP contribution in [0.4, 0.5) is 5.69 Å². The lowest BCUT2D eigenvalue weighted by atomic mass is 9.74. The Hall–Kier alpha value is -2.93. The van der Waals surface area contributed by atoms with Crippen LogP contribution in [0.25, 0.3) is 0 Å². The lowest BCUT2D eigenvalue weighted by Crippen LogP contribution is -2.57. The summed E-state index contributed by atoms with van der Waals surface area (Å²) in [6.07, 6.45) is 15.2. The number of carbonyl (C=O) groups excluding carboxylic acids is 3. The molecule has 2 saturated heterocycles. The summed E-state index contributed by atoms with van der Waals surface area (Å²) in [5, 5.41) is 6.34. The minimum absolute atomic E-state index is 0.0997. The van der Waals surface area contributed by atoms with Crippen molar-refractivity contribution in [2.24, 2.45) is 17.8 Å². The van der Waals surface area contributed by atoms with Gasteiger partial charge in [0.25, 0.3) is 0 Å². The second-order valence-electron chi connectivity index (χ2n) is 12.3. The number of carbonyl (C=O) groups is 3. The molecule has 5 aliphatic rings. The molecular formula is C32H41N3O4. The Labute approximate surface area is 231 Å². The fraction of sp³-hybridized carbons (Fsp3) is 0.594. The van der Waals surface area contributed by atoms with Crippen molar-refractivity contribution in [2.75, 3.05) is 11.9 Å². The zero-order valence-electron chi connectivity index (χ0n) is 23.2. The fourth-order valence-corrected chi connectivity index (χ4v) is 7.64. The van der Waals surface area contributed by atoms with Crippen LogP contribution in [-0.2, 0) is 19.1 Å². The first-order valence-corrected chi connectivity index (χ1v) is 14.9. The molecule has 1 saturated carbocycles. The summed E-state index contributed by atoms with van der Waals surface area (Å²) in [4.78, 5) is 43.6. The molecule has 5 unspecified atom stereocenters. The van der Waals surface area contributed by atoms with Crippen molar-refractivity contribution >= 4 is 23.4 Å². The number of rotatable bonds is 7. The van der Waals surface area contributed by atoms with Gasteiger partial charge < -0.3 is 20.3 Å².